The molecule has 0 radical (unpaired) electrons. The van der Waals surface area contributed by atoms with Gasteiger partial charge in [-0.05, 0) is 25.2 Å². The standard InChI is InChI=1S/C14H27NO2/c1-2-13(16)10-11-15-14(17)9-8-12-6-4-3-5-7-12/h12-13,16H,2-11H2,1H3,(H,15,17). The summed E-state index contributed by atoms with van der Waals surface area (Å²) in [5.74, 6) is 0.926. The van der Waals surface area contributed by atoms with Gasteiger partial charge in [0.05, 0.1) is 6.10 Å². The average Bonchev–Trinajstić information content (AvgIpc) is 2.37. The lowest BCUT2D eigenvalue weighted by atomic mass is 9.86. The average molecular weight is 241 g/mol. The van der Waals surface area contributed by atoms with Crippen LogP contribution in [0.4, 0.5) is 0 Å². The van der Waals surface area contributed by atoms with Crippen molar-refractivity contribution < 1.29 is 9.90 Å². The first-order valence-corrected chi connectivity index (χ1v) is 7.17. The Morgan fingerprint density at radius 2 is 2.06 bits per heavy atom. The summed E-state index contributed by atoms with van der Waals surface area (Å²) in [7, 11) is 0. The number of aliphatic hydroxyl groups is 1. The first-order chi connectivity index (χ1) is 8.22. The van der Waals surface area contributed by atoms with Gasteiger partial charge in [-0.1, -0.05) is 39.0 Å². The number of carbonyl (C=O) groups is 1. The van der Waals surface area contributed by atoms with Gasteiger partial charge >= 0.3 is 0 Å². The molecule has 0 heterocycles. The zero-order valence-corrected chi connectivity index (χ0v) is 11.1. The molecule has 0 saturated heterocycles. The number of hydrogen-bond acceptors (Lipinski definition) is 2. The van der Waals surface area contributed by atoms with E-state index in [1.807, 2.05) is 6.92 Å². The predicted molar refractivity (Wildman–Crippen MR) is 69.7 cm³/mol. The van der Waals surface area contributed by atoms with Gasteiger partial charge in [0, 0.05) is 13.0 Å². The van der Waals surface area contributed by atoms with Crippen LogP contribution in [0.3, 0.4) is 0 Å². The van der Waals surface area contributed by atoms with Gasteiger partial charge in [0.1, 0.15) is 0 Å². The number of hydrogen-bond donors (Lipinski definition) is 2. The Balaban J connectivity index is 2.00. The number of carbonyl (C=O) groups excluding carboxylic acids is 1. The fourth-order valence-corrected chi connectivity index (χ4v) is 2.48. The molecule has 0 bridgehead atoms. The molecule has 3 nitrogen and oxygen atoms in total. The highest BCUT2D eigenvalue weighted by molar-refractivity contribution is 5.75. The largest absolute Gasteiger partial charge is 0.393 e. The molecule has 0 spiro atoms. The van der Waals surface area contributed by atoms with E-state index in [9.17, 15) is 9.90 Å². The number of aliphatic hydroxyl groups excluding tert-OH is 1. The van der Waals surface area contributed by atoms with Crippen molar-refractivity contribution in [2.75, 3.05) is 6.54 Å². The van der Waals surface area contributed by atoms with Crippen LogP contribution in [-0.4, -0.2) is 23.7 Å². The molecule has 0 aromatic heterocycles. The minimum atomic E-state index is -0.270. The van der Waals surface area contributed by atoms with Crippen LogP contribution >= 0.6 is 0 Å². The third-order valence-corrected chi connectivity index (χ3v) is 3.78. The van der Waals surface area contributed by atoms with Crippen LogP contribution < -0.4 is 5.32 Å². The van der Waals surface area contributed by atoms with Crippen molar-refractivity contribution in [3.8, 4) is 0 Å². The zero-order chi connectivity index (χ0) is 12.5. The quantitative estimate of drug-likeness (QED) is 0.720. The molecule has 1 aliphatic carbocycles. The lowest BCUT2D eigenvalue weighted by Gasteiger charge is -2.21. The maximum absolute atomic E-state index is 11.6. The number of rotatable bonds is 7. The van der Waals surface area contributed by atoms with Crippen molar-refractivity contribution in [3.63, 3.8) is 0 Å². The van der Waals surface area contributed by atoms with Gasteiger partial charge in [-0.25, -0.2) is 0 Å². The Labute approximate surface area is 105 Å². The minimum Gasteiger partial charge on any atom is -0.393 e. The molecule has 0 aromatic rings. The normalized spacial score (nSPS) is 18.9. The molecule has 1 unspecified atom stereocenters. The van der Waals surface area contributed by atoms with Gasteiger partial charge in [0.25, 0.3) is 0 Å². The Hall–Kier alpha value is -0.570. The van der Waals surface area contributed by atoms with E-state index in [0.717, 1.165) is 18.8 Å². The van der Waals surface area contributed by atoms with Crippen LogP contribution in [-0.2, 0) is 4.79 Å². The minimum absolute atomic E-state index is 0.152. The molecule has 17 heavy (non-hydrogen) atoms. The Morgan fingerprint density at radius 1 is 1.35 bits per heavy atom. The lowest BCUT2D eigenvalue weighted by molar-refractivity contribution is -0.121. The third kappa shape index (κ3) is 6.67. The van der Waals surface area contributed by atoms with E-state index in [-0.39, 0.29) is 12.0 Å². The summed E-state index contributed by atoms with van der Waals surface area (Å²) in [4.78, 5) is 11.6. The van der Waals surface area contributed by atoms with Crippen molar-refractivity contribution in [1.29, 1.82) is 0 Å². The fourth-order valence-electron chi connectivity index (χ4n) is 2.48. The topological polar surface area (TPSA) is 49.3 Å². The monoisotopic (exact) mass is 241 g/mol. The maximum Gasteiger partial charge on any atom is 0.220 e. The summed E-state index contributed by atoms with van der Waals surface area (Å²) >= 11 is 0. The van der Waals surface area contributed by atoms with Crippen molar-refractivity contribution in [1.82, 2.24) is 5.32 Å². The molecule has 3 heteroatoms. The van der Waals surface area contributed by atoms with Gasteiger partial charge in [-0.15, -0.1) is 0 Å². The zero-order valence-electron chi connectivity index (χ0n) is 11.1. The molecule has 0 aliphatic heterocycles. The summed E-state index contributed by atoms with van der Waals surface area (Å²) in [6.45, 7) is 2.56. The summed E-state index contributed by atoms with van der Waals surface area (Å²) in [5, 5.41) is 12.2. The molecular weight excluding hydrogens is 214 g/mol. The number of amides is 1. The first kappa shape index (κ1) is 14.5. The molecule has 1 aliphatic rings. The molecule has 1 saturated carbocycles. The van der Waals surface area contributed by atoms with Crippen LogP contribution in [0.2, 0.25) is 0 Å². The number of nitrogens with one attached hydrogen (secondary N) is 1. The Bertz CT molecular complexity index is 212. The first-order valence-electron chi connectivity index (χ1n) is 7.17. The molecule has 100 valence electrons. The molecule has 1 amide bonds. The maximum atomic E-state index is 11.6. The highest BCUT2D eigenvalue weighted by Gasteiger charge is 2.14. The lowest BCUT2D eigenvalue weighted by Crippen LogP contribution is -2.27. The Kier molecular flexibility index (Phi) is 7.25. The van der Waals surface area contributed by atoms with Gasteiger partial charge in [-0.2, -0.15) is 0 Å². The van der Waals surface area contributed by atoms with E-state index in [1.54, 1.807) is 0 Å². The highest BCUT2D eigenvalue weighted by Crippen LogP contribution is 2.27. The fraction of sp³-hybridized carbons (Fsp3) is 0.929. The SMILES string of the molecule is CCC(O)CCNC(=O)CCC1CCCCC1. The van der Waals surface area contributed by atoms with E-state index in [4.69, 9.17) is 0 Å². The predicted octanol–water partition coefficient (Wildman–Crippen LogP) is 2.62. The van der Waals surface area contributed by atoms with Crippen LogP contribution in [0, 0.1) is 5.92 Å². The van der Waals surface area contributed by atoms with Crippen molar-refractivity contribution >= 4 is 5.91 Å². The van der Waals surface area contributed by atoms with E-state index in [2.05, 4.69) is 5.32 Å². The second-order valence-electron chi connectivity index (χ2n) is 5.24. The molecule has 2 N–H and O–H groups in total. The molecular formula is C14H27NO2. The molecule has 0 aromatic carbocycles. The molecule has 1 fully saturated rings. The van der Waals surface area contributed by atoms with Gasteiger partial charge in [0.2, 0.25) is 5.91 Å². The van der Waals surface area contributed by atoms with E-state index in [0.29, 0.717) is 19.4 Å². The second kappa shape index (κ2) is 8.51. The Morgan fingerprint density at radius 3 is 2.71 bits per heavy atom. The van der Waals surface area contributed by atoms with Crippen LogP contribution in [0.15, 0.2) is 0 Å². The summed E-state index contributed by atoms with van der Waals surface area (Å²) < 4.78 is 0. The van der Waals surface area contributed by atoms with E-state index < -0.39 is 0 Å². The van der Waals surface area contributed by atoms with Gasteiger partial charge < -0.3 is 10.4 Å². The van der Waals surface area contributed by atoms with E-state index >= 15 is 0 Å². The van der Waals surface area contributed by atoms with Crippen LogP contribution in [0.25, 0.3) is 0 Å². The summed E-state index contributed by atoms with van der Waals surface area (Å²) in [6.07, 6.45) is 9.54. The van der Waals surface area contributed by atoms with E-state index in [1.165, 1.54) is 32.1 Å². The van der Waals surface area contributed by atoms with Crippen molar-refractivity contribution in [2.24, 2.45) is 5.92 Å². The molecule has 1 atom stereocenters. The van der Waals surface area contributed by atoms with Gasteiger partial charge in [0.15, 0.2) is 0 Å². The smallest absolute Gasteiger partial charge is 0.220 e. The summed E-state index contributed by atoms with van der Waals surface area (Å²) in [5.41, 5.74) is 0. The van der Waals surface area contributed by atoms with Gasteiger partial charge in [-0.3, -0.25) is 4.79 Å². The molecule has 1 rings (SSSR count). The van der Waals surface area contributed by atoms with Crippen LogP contribution in [0.5, 0.6) is 0 Å². The van der Waals surface area contributed by atoms with Crippen molar-refractivity contribution in [2.45, 2.75) is 70.8 Å². The summed E-state index contributed by atoms with van der Waals surface area (Å²) in [6, 6.07) is 0. The van der Waals surface area contributed by atoms with Crippen LogP contribution in [0.1, 0.15) is 64.7 Å². The second-order valence-corrected chi connectivity index (χ2v) is 5.24. The highest BCUT2D eigenvalue weighted by atomic mass is 16.3. The van der Waals surface area contributed by atoms with Crippen molar-refractivity contribution in [3.05, 3.63) is 0 Å². The third-order valence-electron chi connectivity index (χ3n) is 3.78.